The highest BCUT2D eigenvalue weighted by molar-refractivity contribution is 6.30. The zero-order valence-corrected chi connectivity index (χ0v) is 13.4. The molecule has 0 fully saturated rings. The third kappa shape index (κ3) is 6.22. The first kappa shape index (κ1) is 17.7. The highest BCUT2D eigenvalue weighted by atomic mass is 35.5. The molecule has 0 aromatic heterocycles. The van der Waals surface area contributed by atoms with Crippen molar-refractivity contribution in [3.8, 4) is 0 Å². The fourth-order valence-corrected chi connectivity index (χ4v) is 2.07. The summed E-state index contributed by atoms with van der Waals surface area (Å²) in [5, 5.41) is 3.19. The van der Waals surface area contributed by atoms with Crippen molar-refractivity contribution in [1.82, 2.24) is 5.32 Å². The van der Waals surface area contributed by atoms with Gasteiger partial charge in [-0.15, -0.1) is 0 Å². The van der Waals surface area contributed by atoms with Crippen LogP contribution in [0.5, 0.6) is 0 Å². The van der Waals surface area contributed by atoms with E-state index in [9.17, 15) is 14.0 Å². The molecule has 0 saturated carbocycles. The molecule has 2 rings (SSSR count). The molecular formula is C18H15ClFNO3. The predicted molar refractivity (Wildman–Crippen MR) is 89.7 cm³/mol. The van der Waals surface area contributed by atoms with Crippen molar-refractivity contribution < 1.29 is 18.7 Å². The van der Waals surface area contributed by atoms with Crippen LogP contribution < -0.4 is 5.32 Å². The third-order valence-electron chi connectivity index (χ3n) is 2.98. The summed E-state index contributed by atoms with van der Waals surface area (Å²) < 4.78 is 17.8. The lowest BCUT2D eigenvalue weighted by Gasteiger charge is -2.06. The quantitative estimate of drug-likeness (QED) is 0.644. The van der Waals surface area contributed by atoms with E-state index in [4.69, 9.17) is 16.3 Å². The van der Waals surface area contributed by atoms with E-state index in [-0.39, 0.29) is 6.54 Å². The van der Waals surface area contributed by atoms with E-state index >= 15 is 0 Å². The van der Waals surface area contributed by atoms with Crippen molar-refractivity contribution in [2.75, 3.05) is 6.61 Å². The second-order valence-corrected chi connectivity index (χ2v) is 5.34. The number of hydrogen-bond acceptors (Lipinski definition) is 3. The van der Waals surface area contributed by atoms with E-state index in [1.54, 1.807) is 24.3 Å². The number of rotatable bonds is 6. The Morgan fingerprint density at radius 3 is 2.71 bits per heavy atom. The van der Waals surface area contributed by atoms with Crippen molar-refractivity contribution in [3.63, 3.8) is 0 Å². The predicted octanol–water partition coefficient (Wildman–Crippen LogP) is 3.35. The molecule has 0 aliphatic carbocycles. The molecule has 0 spiro atoms. The van der Waals surface area contributed by atoms with Crippen LogP contribution in [0.25, 0.3) is 6.08 Å². The van der Waals surface area contributed by atoms with Gasteiger partial charge in [0.15, 0.2) is 6.61 Å². The summed E-state index contributed by atoms with van der Waals surface area (Å²) in [5.41, 5.74) is 1.37. The first-order valence-electron chi connectivity index (χ1n) is 7.14. The molecule has 0 aliphatic rings. The van der Waals surface area contributed by atoms with Crippen LogP contribution in [0.3, 0.4) is 0 Å². The molecule has 24 heavy (non-hydrogen) atoms. The number of amides is 1. The van der Waals surface area contributed by atoms with Gasteiger partial charge < -0.3 is 10.1 Å². The Balaban J connectivity index is 1.74. The first-order valence-corrected chi connectivity index (χ1v) is 7.52. The molecule has 2 aromatic rings. The number of benzene rings is 2. The summed E-state index contributed by atoms with van der Waals surface area (Å²) in [5.74, 6) is -1.51. The normalized spacial score (nSPS) is 10.6. The second kappa shape index (κ2) is 8.84. The molecule has 124 valence electrons. The van der Waals surface area contributed by atoms with Gasteiger partial charge in [-0.1, -0.05) is 35.9 Å². The highest BCUT2D eigenvalue weighted by Gasteiger charge is 2.05. The molecule has 1 N–H and O–H groups in total. The Bertz CT molecular complexity index is 761. The number of carbonyl (C=O) groups excluding carboxylic acids is 2. The smallest absolute Gasteiger partial charge is 0.331 e. The van der Waals surface area contributed by atoms with Crippen LogP contribution in [0.15, 0.2) is 54.6 Å². The van der Waals surface area contributed by atoms with Gasteiger partial charge in [-0.3, -0.25) is 4.79 Å². The standard InChI is InChI=1S/C18H15ClFNO3/c19-15-5-1-4-14(9-15)11-21-17(22)12-24-18(23)8-7-13-3-2-6-16(20)10-13/h1-10H,11-12H2,(H,21,22)/b8-7+. The Morgan fingerprint density at radius 1 is 1.17 bits per heavy atom. The first-order chi connectivity index (χ1) is 11.5. The lowest BCUT2D eigenvalue weighted by molar-refractivity contribution is -0.143. The van der Waals surface area contributed by atoms with E-state index in [1.165, 1.54) is 24.3 Å². The lowest BCUT2D eigenvalue weighted by atomic mass is 10.2. The van der Waals surface area contributed by atoms with Crippen molar-refractivity contribution in [2.45, 2.75) is 6.54 Å². The molecule has 0 unspecified atom stereocenters. The average molecular weight is 348 g/mol. The van der Waals surface area contributed by atoms with Gasteiger partial charge in [0.05, 0.1) is 0 Å². The summed E-state index contributed by atoms with van der Waals surface area (Å²) in [6, 6.07) is 12.8. The monoisotopic (exact) mass is 347 g/mol. The maximum Gasteiger partial charge on any atom is 0.331 e. The molecule has 1 amide bonds. The largest absolute Gasteiger partial charge is 0.452 e. The molecule has 0 radical (unpaired) electrons. The molecule has 0 aliphatic heterocycles. The van der Waals surface area contributed by atoms with E-state index in [2.05, 4.69) is 5.32 Å². The maximum absolute atomic E-state index is 13.0. The summed E-state index contributed by atoms with van der Waals surface area (Å²) in [4.78, 5) is 23.2. The number of halogens is 2. The SMILES string of the molecule is O=C(COC(=O)/C=C/c1cccc(F)c1)NCc1cccc(Cl)c1. The Kier molecular flexibility index (Phi) is 6.51. The zero-order chi connectivity index (χ0) is 17.4. The Hall–Kier alpha value is -2.66. The zero-order valence-electron chi connectivity index (χ0n) is 12.7. The molecule has 0 heterocycles. The molecule has 0 bridgehead atoms. The number of esters is 1. The topological polar surface area (TPSA) is 55.4 Å². The summed E-state index contributed by atoms with van der Waals surface area (Å²) in [7, 11) is 0. The van der Waals surface area contributed by atoms with Crippen molar-refractivity contribution >= 4 is 29.6 Å². The lowest BCUT2D eigenvalue weighted by Crippen LogP contribution is -2.28. The second-order valence-electron chi connectivity index (χ2n) is 4.90. The molecule has 2 aromatic carbocycles. The molecular weight excluding hydrogens is 333 g/mol. The van der Waals surface area contributed by atoms with Crippen LogP contribution in [0, 0.1) is 5.82 Å². The van der Waals surface area contributed by atoms with Crippen LogP contribution in [0.4, 0.5) is 4.39 Å². The number of ether oxygens (including phenoxy) is 1. The van der Waals surface area contributed by atoms with Gasteiger partial charge in [0.2, 0.25) is 0 Å². The number of carbonyl (C=O) groups is 2. The van der Waals surface area contributed by atoms with Crippen LogP contribution in [-0.2, 0) is 20.9 Å². The van der Waals surface area contributed by atoms with Gasteiger partial charge in [-0.05, 0) is 41.5 Å². The highest BCUT2D eigenvalue weighted by Crippen LogP contribution is 2.10. The molecule has 0 saturated heterocycles. The van der Waals surface area contributed by atoms with E-state index in [1.807, 2.05) is 6.07 Å². The minimum Gasteiger partial charge on any atom is -0.452 e. The number of nitrogens with one attached hydrogen (secondary N) is 1. The molecule has 4 nitrogen and oxygen atoms in total. The third-order valence-corrected chi connectivity index (χ3v) is 3.22. The number of hydrogen-bond donors (Lipinski definition) is 1. The fourth-order valence-electron chi connectivity index (χ4n) is 1.86. The Morgan fingerprint density at radius 2 is 1.96 bits per heavy atom. The van der Waals surface area contributed by atoms with Gasteiger partial charge in [0, 0.05) is 17.6 Å². The van der Waals surface area contributed by atoms with Crippen LogP contribution in [0.2, 0.25) is 5.02 Å². The van der Waals surface area contributed by atoms with Gasteiger partial charge in [0.1, 0.15) is 5.82 Å². The Labute approximate surface area is 143 Å². The minimum atomic E-state index is -0.683. The van der Waals surface area contributed by atoms with Gasteiger partial charge in [0.25, 0.3) is 5.91 Å². The van der Waals surface area contributed by atoms with E-state index in [0.29, 0.717) is 10.6 Å². The summed E-state index contributed by atoms with van der Waals surface area (Å²) in [6.07, 6.45) is 2.55. The van der Waals surface area contributed by atoms with Crippen molar-refractivity contribution in [1.29, 1.82) is 0 Å². The maximum atomic E-state index is 13.0. The van der Waals surface area contributed by atoms with Crippen LogP contribution in [0.1, 0.15) is 11.1 Å². The average Bonchev–Trinajstić information content (AvgIpc) is 2.56. The summed E-state index contributed by atoms with van der Waals surface area (Å²) in [6.45, 7) is -0.108. The van der Waals surface area contributed by atoms with Crippen molar-refractivity contribution in [2.24, 2.45) is 0 Å². The molecule has 0 atom stereocenters. The van der Waals surface area contributed by atoms with Gasteiger partial charge in [-0.25, -0.2) is 9.18 Å². The molecule has 6 heteroatoms. The van der Waals surface area contributed by atoms with Crippen LogP contribution >= 0.6 is 11.6 Å². The van der Waals surface area contributed by atoms with Gasteiger partial charge >= 0.3 is 5.97 Å². The minimum absolute atomic E-state index is 0.288. The van der Waals surface area contributed by atoms with E-state index < -0.39 is 24.3 Å². The van der Waals surface area contributed by atoms with Crippen molar-refractivity contribution in [3.05, 3.63) is 76.6 Å². The summed E-state index contributed by atoms with van der Waals surface area (Å²) >= 11 is 5.84. The van der Waals surface area contributed by atoms with Gasteiger partial charge in [-0.2, -0.15) is 0 Å². The fraction of sp³-hybridized carbons (Fsp3) is 0.111. The van der Waals surface area contributed by atoms with E-state index in [0.717, 1.165) is 11.6 Å². The van der Waals surface area contributed by atoms with Crippen LogP contribution in [-0.4, -0.2) is 18.5 Å².